The number of aryl methyl sites for hydroxylation is 2. The molecule has 2 nitrogen and oxygen atoms in total. The molecule has 2 aromatic rings. The fourth-order valence-electron chi connectivity index (χ4n) is 1.49. The molecule has 1 heterocycles. The van der Waals surface area contributed by atoms with Crippen molar-refractivity contribution in [2.45, 2.75) is 13.3 Å². The molecule has 0 aliphatic carbocycles. The minimum atomic E-state index is 0.553. The molecule has 2 rings (SSSR count). The van der Waals surface area contributed by atoms with Gasteiger partial charge in [-0.1, -0.05) is 29.8 Å². The van der Waals surface area contributed by atoms with Gasteiger partial charge >= 0.3 is 0 Å². The summed E-state index contributed by atoms with van der Waals surface area (Å²) in [6.07, 6.45) is 2.49. The molecule has 0 aliphatic rings. The summed E-state index contributed by atoms with van der Waals surface area (Å²) in [5.74, 6) is 1.35. The molecule has 1 aromatic carbocycles. The first-order valence-electron chi connectivity index (χ1n) is 5.24. The third kappa shape index (κ3) is 2.58. The van der Waals surface area contributed by atoms with Gasteiger partial charge in [0.1, 0.15) is 5.82 Å². The highest BCUT2D eigenvalue weighted by Crippen LogP contribution is 2.17. The van der Waals surface area contributed by atoms with Gasteiger partial charge in [0.2, 0.25) is 0 Å². The summed E-state index contributed by atoms with van der Waals surface area (Å²) in [5.41, 5.74) is 3.32. The van der Waals surface area contributed by atoms with E-state index >= 15 is 0 Å². The number of aromatic nitrogens is 2. The van der Waals surface area contributed by atoms with Gasteiger partial charge in [-0.05, 0) is 13.0 Å². The molecule has 0 radical (unpaired) electrons. The van der Waals surface area contributed by atoms with Gasteiger partial charge in [0, 0.05) is 24.1 Å². The molecule has 0 fully saturated rings. The van der Waals surface area contributed by atoms with E-state index in [1.807, 2.05) is 6.07 Å². The Balaban J connectivity index is 2.32. The molecular weight excluding hydrogens is 220 g/mol. The molecule has 0 saturated heterocycles. The quantitative estimate of drug-likeness (QED) is 0.760. The molecule has 0 unspecified atom stereocenters. The highest BCUT2D eigenvalue weighted by atomic mass is 35.5. The number of alkyl halides is 1. The lowest BCUT2D eigenvalue weighted by atomic mass is 10.1. The smallest absolute Gasteiger partial charge is 0.130 e. The zero-order valence-electron chi connectivity index (χ0n) is 9.15. The first kappa shape index (κ1) is 11.1. The van der Waals surface area contributed by atoms with Crippen LogP contribution in [-0.4, -0.2) is 15.8 Å². The van der Waals surface area contributed by atoms with E-state index in [0.29, 0.717) is 12.3 Å². The van der Waals surface area contributed by atoms with E-state index in [-0.39, 0.29) is 0 Å². The molecule has 3 heteroatoms. The Morgan fingerprint density at radius 3 is 2.56 bits per heavy atom. The lowest BCUT2D eigenvalue weighted by Crippen LogP contribution is -1.96. The number of nitrogens with zero attached hydrogens (tertiary/aromatic N) is 2. The fourth-order valence-corrected chi connectivity index (χ4v) is 1.66. The number of hydrogen-bond donors (Lipinski definition) is 0. The van der Waals surface area contributed by atoms with Crippen LogP contribution in [0.25, 0.3) is 11.3 Å². The van der Waals surface area contributed by atoms with Crippen LogP contribution in [0.1, 0.15) is 11.4 Å². The Labute approximate surface area is 100 Å². The van der Waals surface area contributed by atoms with Gasteiger partial charge in [-0.25, -0.2) is 9.97 Å². The van der Waals surface area contributed by atoms with Crippen LogP contribution in [0.5, 0.6) is 0 Å². The molecule has 1 aromatic heterocycles. The van der Waals surface area contributed by atoms with E-state index in [9.17, 15) is 0 Å². The van der Waals surface area contributed by atoms with Crippen molar-refractivity contribution >= 4 is 11.6 Å². The summed E-state index contributed by atoms with van der Waals surface area (Å²) >= 11 is 5.68. The van der Waals surface area contributed by atoms with E-state index in [1.54, 1.807) is 6.20 Å². The third-order valence-corrected chi connectivity index (χ3v) is 2.56. The van der Waals surface area contributed by atoms with Crippen LogP contribution >= 0.6 is 11.6 Å². The highest BCUT2D eigenvalue weighted by molar-refractivity contribution is 6.17. The van der Waals surface area contributed by atoms with Crippen LogP contribution in [-0.2, 0) is 6.42 Å². The second kappa shape index (κ2) is 5.08. The summed E-state index contributed by atoms with van der Waals surface area (Å²) in [5, 5.41) is 0. The van der Waals surface area contributed by atoms with Crippen molar-refractivity contribution in [1.29, 1.82) is 0 Å². The fraction of sp³-hybridized carbons (Fsp3) is 0.231. The Bertz CT molecular complexity index is 466. The first-order chi connectivity index (χ1) is 7.79. The lowest BCUT2D eigenvalue weighted by Gasteiger charge is -2.03. The molecular formula is C13H13ClN2. The zero-order valence-corrected chi connectivity index (χ0v) is 9.91. The Hall–Kier alpha value is -1.41. The average molecular weight is 233 g/mol. The summed E-state index contributed by atoms with van der Waals surface area (Å²) in [7, 11) is 0. The van der Waals surface area contributed by atoms with E-state index in [0.717, 1.165) is 17.1 Å². The minimum absolute atomic E-state index is 0.553. The number of hydrogen-bond acceptors (Lipinski definition) is 2. The molecule has 82 valence electrons. The second-order valence-corrected chi connectivity index (χ2v) is 4.04. The van der Waals surface area contributed by atoms with Crippen LogP contribution in [0.15, 0.2) is 36.5 Å². The van der Waals surface area contributed by atoms with Crippen LogP contribution in [0.2, 0.25) is 0 Å². The zero-order chi connectivity index (χ0) is 11.4. The molecule has 0 bridgehead atoms. The molecule has 0 atom stereocenters. The van der Waals surface area contributed by atoms with Crippen LogP contribution < -0.4 is 0 Å². The van der Waals surface area contributed by atoms with Gasteiger partial charge in [0.25, 0.3) is 0 Å². The molecule has 0 N–H and O–H groups in total. The van der Waals surface area contributed by atoms with Crippen molar-refractivity contribution in [1.82, 2.24) is 9.97 Å². The normalized spacial score (nSPS) is 10.4. The van der Waals surface area contributed by atoms with E-state index in [4.69, 9.17) is 11.6 Å². The van der Waals surface area contributed by atoms with Crippen molar-refractivity contribution in [2.24, 2.45) is 0 Å². The monoisotopic (exact) mass is 232 g/mol. The van der Waals surface area contributed by atoms with Crippen molar-refractivity contribution in [3.05, 3.63) is 47.9 Å². The summed E-state index contributed by atoms with van der Waals surface area (Å²) in [6, 6.07) is 10.2. The molecule has 0 spiro atoms. The van der Waals surface area contributed by atoms with Gasteiger partial charge in [-0.2, -0.15) is 0 Å². The van der Waals surface area contributed by atoms with E-state index in [2.05, 4.69) is 41.2 Å². The summed E-state index contributed by atoms with van der Waals surface area (Å²) in [6.45, 7) is 2.07. The standard InChI is InChI=1S/C13H13ClN2/c1-10-2-4-11(5-3-10)12-7-9-15-13(16-12)6-8-14/h2-5,7,9H,6,8H2,1H3. The Kier molecular flexibility index (Phi) is 3.52. The highest BCUT2D eigenvalue weighted by Gasteiger charge is 2.01. The lowest BCUT2D eigenvalue weighted by molar-refractivity contribution is 0.948. The number of benzene rings is 1. The van der Waals surface area contributed by atoms with Crippen LogP contribution in [0, 0.1) is 6.92 Å². The maximum Gasteiger partial charge on any atom is 0.130 e. The van der Waals surface area contributed by atoms with E-state index in [1.165, 1.54) is 5.56 Å². The largest absolute Gasteiger partial charge is 0.241 e. The molecule has 16 heavy (non-hydrogen) atoms. The molecule has 0 saturated carbocycles. The number of rotatable bonds is 3. The average Bonchev–Trinajstić information content (AvgIpc) is 2.31. The Morgan fingerprint density at radius 1 is 1.12 bits per heavy atom. The first-order valence-corrected chi connectivity index (χ1v) is 5.78. The number of halogens is 1. The molecule has 0 amide bonds. The van der Waals surface area contributed by atoms with Crippen molar-refractivity contribution in [2.75, 3.05) is 5.88 Å². The van der Waals surface area contributed by atoms with Crippen molar-refractivity contribution in [3.8, 4) is 11.3 Å². The SMILES string of the molecule is Cc1ccc(-c2ccnc(CCCl)n2)cc1. The summed E-state index contributed by atoms with van der Waals surface area (Å²) < 4.78 is 0. The predicted molar refractivity (Wildman–Crippen MR) is 66.6 cm³/mol. The maximum absolute atomic E-state index is 5.68. The Morgan fingerprint density at radius 2 is 1.88 bits per heavy atom. The second-order valence-electron chi connectivity index (χ2n) is 3.66. The van der Waals surface area contributed by atoms with Crippen LogP contribution in [0.4, 0.5) is 0 Å². The molecule has 0 aliphatic heterocycles. The predicted octanol–water partition coefficient (Wildman–Crippen LogP) is 3.23. The van der Waals surface area contributed by atoms with Gasteiger partial charge in [-0.3, -0.25) is 0 Å². The van der Waals surface area contributed by atoms with Gasteiger partial charge < -0.3 is 0 Å². The summed E-state index contributed by atoms with van der Waals surface area (Å²) in [4.78, 5) is 8.64. The van der Waals surface area contributed by atoms with E-state index < -0.39 is 0 Å². The maximum atomic E-state index is 5.68. The van der Waals surface area contributed by atoms with Crippen LogP contribution in [0.3, 0.4) is 0 Å². The topological polar surface area (TPSA) is 25.8 Å². The van der Waals surface area contributed by atoms with Crippen molar-refractivity contribution < 1.29 is 0 Å². The minimum Gasteiger partial charge on any atom is -0.241 e. The third-order valence-electron chi connectivity index (χ3n) is 2.37. The van der Waals surface area contributed by atoms with Crippen molar-refractivity contribution in [3.63, 3.8) is 0 Å². The van der Waals surface area contributed by atoms with Gasteiger partial charge in [0.15, 0.2) is 0 Å². The van der Waals surface area contributed by atoms with Gasteiger partial charge in [0.05, 0.1) is 5.69 Å². The van der Waals surface area contributed by atoms with Gasteiger partial charge in [-0.15, -0.1) is 11.6 Å².